The summed E-state index contributed by atoms with van der Waals surface area (Å²) in [6.07, 6.45) is 1.70. The van der Waals surface area contributed by atoms with E-state index in [0.29, 0.717) is 0 Å². The average molecular weight is 308 g/mol. The fourth-order valence-electron chi connectivity index (χ4n) is 1.67. The molecule has 1 N–H and O–H groups in total. The molecule has 0 radical (unpaired) electrons. The van der Waals surface area contributed by atoms with E-state index in [0.717, 1.165) is 15.9 Å². The molecule has 0 saturated heterocycles. The van der Waals surface area contributed by atoms with Crippen LogP contribution in [0.15, 0.2) is 41.0 Å². The average Bonchev–Trinajstić information content (AvgIpc) is 2.70. The zero-order valence-corrected chi connectivity index (χ0v) is 11.8. The number of anilines is 1. The molecule has 1 aromatic heterocycles. The Morgan fingerprint density at radius 3 is 2.61 bits per heavy atom. The second-order valence-electron chi connectivity index (χ2n) is 4.05. The maximum atomic E-state index is 12.1. The first kappa shape index (κ1) is 12.8. The van der Waals surface area contributed by atoms with Crippen LogP contribution in [0, 0.1) is 6.92 Å². The molecule has 1 unspecified atom stereocenters. The molecule has 18 heavy (non-hydrogen) atoms. The lowest BCUT2D eigenvalue weighted by molar-refractivity contribution is -0.119. The highest BCUT2D eigenvalue weighted by atomic mass is 79.9. The number of carbonyl (C=O) groups is 1. The van der Waals surface area contributed by atoms with Gasteiger partial charge < -0.3 is 5.32 Å². The lowest BCUT2D eigenvalue weighted by Gasteiger charge is -2.14. The zero-order valence-electron chi connectivity index (χ0n) is 10.2. The topological polar surface area (TPSA) is 46.9 Å². The number of hydrogen-bond acceptors (Lipinski definition) is 2. The number of carbonyl (C=O) groups excluding carboxylic acids is 1. The minimum atomic E-state index is -0.350. The number of rotatable bonds is 3. The molecule has 0 bridgehead atoms. The Labute approximate surface area is 114 Å². The predicted molar refractivity (Wildman–Crippen MR) is 74.4 cm³/mol. The molecule has 1 atom stereocenters. The predicted octanol–water partition coefficient (Wildman–Crippen LogP) is 3.15. The number of hydrogen-bond donors (Lipinski definition) is 1. The van der Waals surface area contributed by atoms with E-state index in [1.807, 2.05) is 44.2 Å². The van der Waals surface area contributed by atoms with Crippen LogP contribution in [-0.2, 0) is 4.79 Å². The van der Waals surface area contributed by atoms with Crippen LogP contribution in [-0.4, -0.2) is 15.7 Å². The number of benzene rings is 1. The number of aromatic nitrogens is 2. The first-order chi connectivity index (χ1) is 8.59. The number of amides is 1. The Bertz CT molecular complexity index is 551. The molecular weight excluding hydrogens is 294 g/mol. The van der Waals surface area contributed by atoms with E-state index in [4.69, 9.17) is 0 Å². The highest BCUT2D eigenvalue weighted by Gasteiger charge is 2.18. The van der Waals surface area contributed by atoms with Gasteiger partial charge in [-0.2, -0.15) is 5.10 Å². The fraction of sp³-hybridized carbons (Fsp3) is 0.231. The van der Waals surface area contributed by atoms with E-state index in [9.17, 15) is 4.79 Å². The third-order valence-corrected chi connectivity index (χ3v) is 3.55. The summed E-state index contributed by atoms with van der Waals surface area (Å²) in [5.41, 5.74) is 1.73. The second-order valence-corrected chi connectivity index (χ2v) is 4.91. The van der Waals surface area contributed by atoms with E-state index in [1.165, 1.54) is 0 Å². The van der Waals surface area contributed by atoms with Gasteiger partial charge in [0.25, 0.3) is 0 Å². The SMILES string of the molecule is Cc1c(Br)cnn1C(C)C(=O)Nc1ccccc1. The Balaban J connectivity index is 2.12. The van der Waals surface area contributed by atoms with Gasteiger partial charge in [0.2, 0.25) is 5.91 Å². The second kappa shape index (κ2) is 5.35. The third-order valence-electron chi connectivity index (χ3n) is 2.77. The summed E-state index contributed by atoms with van der Waals surface area (Å²) in [5, 5.41) is 7.05. The highest BCUT2D eigenvalue weighted by molar-refractivity contribution is 9.10. The summed E-state index contributed by atoms with van der Waals surface area (Å²) in [5.74, 6) is -0.0834. The van der Waals surface area contributed by atoms with Crippen LogP contribution in [0.25, 0.3) is 0 Å². The van der Waals surface area contributed by atoms with E-state index in [1.54, 1.807) is 10.9 Å². The lowest BCUT2D eigenvalue weighted by atomic mass is 10.2. The maximum Gasteiger partial charge on any atom is 0.248 e. The highest BCUT2D eigenvalue weighted by Crippen LogP contribution is 2.19. The van der Waals surface area contributed by atoms with Gasteiger partial charge in [-0.25, -0.2) is 0 Å². The molecule has 5 heteroatoms. The zero-order chi connectivity index (χ0) is 13.1. The molecular formula is C13H14BrN3O. The van der Waals surface area contributed by atoms with Gasteiger partial charge in [0, 0.05) is 5.69 Å². The van der Waals surface area contributed by atoms with Crippen molar-refractivity contribution in [2.24, 2.45) is 0 Å². The van der Waals surface area contributed by atoms with Gasteiger partial charge in [-0.1, -0.05) is 18.2 Å². The van der Waals surface area contributed by atoms with Crippen molar-refractivity contribution < 1.29 is 4.79 Å². The molecule has 1 amide bonds. The largest absolute Gasteiger partial charge is 0.324 e. The van der Waals surface area contributed by atoms with Crippen molar-refractivity contribution in [3.8, 4) is 0 Å². The molecule has 0 spiro atoms. The first-order valence-electron chi connectivity index (χ1n) is 5.65. The van der Waals surface area contributed by atoms with Crippen LogP contribution in [0.4, 0.5) is 5.69 Å². The quantitative estimate of drug-likeness (QED) is 0.947. The van der Waals surface area contributed by atoms with Gasteiger partial charge in [0.1, 0.15) is 6.04 Å². The molecule has 0 fully saturated rings. The van der Waals surface area contributed by atoms with Crippen molar-refractivity contribution in [2.45, 2.75) is 19.9 Å². The van der Waals surface area contributed by atoms with Crippen molar-refractivity contribution in [3.05, 3.63) is 46.7 Å². The minimum Gasteiger partial charge on any atom is -0.324 e. The molecule has 94 valence electrons. The fourth-order valence-corrected chi connectivity index (χ4v) is 1.95. The van der Waals surface area contributed by atoms with Crippen LogP contribution in [0.1, 0.15) is 18.7 Å². The summed E-state index contributed by atoms with van der Waals surface area (Å²) in [6.45, 7) is 3.74. The molecule has 0 saturated carbocycles. The van der Waals surface area contributed by atoms with Crippen molar-refractivity contribution >= 4 is 27.5 Å². The molecule has 2 rings (SSSR count). The number of halogens is 1. The van der Waals surface area contributed by atoms with Gasteiger partial charge in [0.15, 0.2) is 0 Å². The molecule has 0 aliphatic heterocycles. The summed E-state index contributed by atoms with van der Waals surface area (Å²) in [4.78, 5) is 12.1. The summed E-state index contributed by atoms with van der Waals surface area (Å²) in [7, 11) is 0. The van der Waals surface area contributed by atoms with E-state index in [2.05, 4.69) is 26.3 Å². The van der Waals surface area contributed by atoms with Crippen LogP contribution < -0.4 is 5.32 Å². The number of nitrogens with one attached hydrogen (secondary N) is 1. The van der Waals surface area contributed by atoms with Crippen molar-refractivity contribution in [3.63, 3.8) is 0 Å². The Kier molecular flexibility index (Phi) is 3.81. The van der Waals surface area contributed by atoms with E-state index in [-0.39, 0.29) is 11.9 Å². The van der Waals surface area contributed by atoms with Gasteiger partial charge in [-0.05, 0) is 41.9 Å². The molecule has 1 heterocycles. The summed E-state index contributed by atoms with van der Waals surface area (Å²) >= 11 is 3.39. The Morgan fingerprint density at radius 1 is 1.39 bits per heavy atom. The molecule has 1 aromatic carbocycles. The van der Waals surface area contributed by atoms with Crippen LogP contribution >= 0.6 is 15.9 Å². The molecule has 0 aliphatic carbocycles. The minimum absolute atomic E-state index is 0.0834. The maximum absolute atomic E-state index is 12.1. The number of nitrogens with zero attached hydrogens (tertiary/aromatic N) is 2. The van der Waals surface area contributed by atoms with Crippen LogP contribution in [0.2, 0.25) is 0 Å². The lowest BCUT2D eigenvalue weighted by Crippen LogP contribution is -2.25. The normalized spacial score (nSPS) is 12.2. The third kappa shape index (κ3) is 2.61. The summed E-state index contributed by atoms with van der Waals surface area (Å²) < 4.78 is 2.60. The monoisotopic (exact) mass is 307 g/mol. The Morgan fingerprint density at radius 2 is 2.06 bits per heavy atom. The van der Waals surface area contributed by atoms with E-state index < -0.39 is 0 Å². The van der Waals surface area contributed by atoms with Gasteiger partial charge in [0.05, 0.1) is 16.4 Å². The summed E-state index contributed by atoms with van der Waals surface area (Å²) in [6, 6.07) is 9.05. The van der Waals surface area contributed by atoms with Crippen LogP contribution in [0.3, 0.4) is 0 Å². The Hall–Kier alpha value is -1.62. The van der Waals surface area contributed by atoms with Gasteiger partial charge >= 0.3 is 0 Å². The molecule has 2 aromatic rings. The van der Waals surface area contributed by atoms with Crippen LogP contribution in [0.5, 0.6) is 0 Å². The first-order valence-corrected chi connectivity index (χ1v) is 6.44. The van der Waals surface area contributed by atoms with Crippen molar-refractivity contribution in [1.29, 1.82) is 0 Å². The molecule has 0 aliphatic rings. The van der Waals surface area contributed by atoms with Crippen molar-refractivity contribution in [1.82, 2.24) is 9.78 Å². The number of para-hydroxylation sites is 1. The van der Waals surface area contributed by atoms with Crippen molar-refractivity contribution in [2.75, 3.05) is 5.32 Å². The standard InChI is InChI=1S/C13H14BrN3O/c1-9-12(14)8-15-17(9)10(2)13(18)16-11-6-4-3-5-7-11/h3-8,10H,1-2H3,(H,16,18). The van der Waals surface area contributed by atoms with Gasteiger partial charge in [-0.15, -0.1) is 0 Å². The smallest absolute Gasteiger partial charge is 0.248 e. The molecule has 4 nitrogen and oxygen atoms in total. The van der Waals surface area contributed by atoms with Gasteiger partial charge in [-0.3, -0.25) is 9.48 Å². The van der Waals surface area contributed by atoms with E-state index >= 15 is 0 Å².